The summed E-state index contributed by atoms with van der Waals surface area (Å²) in [4.78, 5) is 52.6. The van der Waals surface area contributed by atoms with Crippen LogP contribution in [0, 0.1) is 22.7 Å². The number of ether oxygens (including phenoxy) is 4. The third kappa shape index (κ3) is 5.44. The Labute approximate surface area is 268 Å². The van der Waals surface area contributed by atoms with Crippen LogP contribution in [0.15, 0.2) is 11.1 Å². The number of amides is 1. The van der Waals surface area contributed by atoms with E-state index in [1.165, 1.54) is 13.8 Å². The van der Waals surface area contributed by atoms with E-state index in [0.717, 1.165) is 6.92 Å². The van der Waals surface area contributed by atoms with E-state index < -0.39 is 107 Å². The van der Waals surface area contributed by atoms with Crippen LogP contribution in [0.1, 0.15) is 74.7 Å². The zero-order chi connectivity index (χ0) is 34.7. The van der Waals surface area contributed by atoms with Crippen molar-refractivity contribution in [1.82, 2.24) is 5.32 Å². The quantitative estimate of drug-likeness (QED) is 0.118. The summed E-state index contributed by atoms with van der Waals surface area (Å²) in [7, 11) is 0. The van der Waals surface area contributed by atoms with Gasteiger partial charge in [-0.15, -0.1) is 0 Å². The van der Waals surface area contributed by atoms with Gasteiger partial charge in [0.1, 0.15) is 29.5 Å². The molecule has 6 N–H and O–H groups in total. The fourth-order valence-electron chi connectivity index (χ4n) is 8.14. The van der Waals surface area contributed by atoms with Crippen molar-refractivity contribution in [3.63, 3.8) is 0 Å². The molecule has 46 heavy (non-hydrogen) atoms. The molecule has 11 atom stereocenters. The molecule has 4 rings (SSSR count). The largest absolute Gasteiger partial charge is 0.459 e. The Bertz CT molecular complexity index is 1280. The molecule has 4 aliphatic rings. The molecule has 1 unspecified atom stereocenters. The number of aliphatic hydroxyl groups is 5. The molecule has 3 aliphatic carbocycles. The van der Waals surface area contributed by atoms with Crippen molar-refractivity contribution in [2.75, 3.05) is 13.2 Å². The Hall–Kier alpha value is -2.62. The molecule has 0 aromatic rings. The second-order valence-electron chi connectivity index (χ2n) is 14.4. The third-order valence-electron chi connectivity index (χ3n) is 10.9. The molecule has 0 radical (unpaired) electrons. The average molecular weight is 656 g/mol. The summed E-state index contributed by atoms with van der Waals surface area (Å²) in [6, 6.07) is -1.12. The van der Waals surface area contributed by atoms with Gasteiger partial charge in [0.15, 0.2) is 11.9 Å². The van der Waals surface area contributed by atoms with E-state index in [9.17, 15) is 44.7 Å². The van der Waals surface area contributed by atoms with E-state index in [4.69, 9.17) is 18.9 Å². The number of hydrogen-bond acceptors (Lipinski definition) is 13. The Morgan fingerprint density at radius 3 is 2.26 bits per heavy atom. The van der Waals surface area contributed by atoms with Crippen molar-refractivity contribution in [2.24, 2.45) is 22.7 Å². The van der Waals surface area contributed by atoms with Crippen molar-refractivity contribution in [2.45, 2.75) is 129 Å². The van der Waals surface area contributed by atoms with Gasteiger partial charge in [-0.3, -0.25) is 9.59 Å². The number of alkyl carbamates (subject to hydrolysis) is 1. The average Bonchev–Trinajstić information content (AvgIpc) is 2.96. The minimum absolute atomic E-state index is 0.0109. The summed E-state index contributed by atoms with van der Waals surface area (Å²) in [5.74, 6) is -4.76. The Kier molecular flexibility index (Phi) is 9.79. The summed E-state index contributed by atoms with van der Waals surface area (Å²) in [5, 5.41) is 61.3. The number of rotatable bonds is 8. The smallest absolute Gasteiger partial charge is 0.407 e. The number of fused-ring (bicyclic) bond motifs is 5. The molecule has 1 amide bonds. The van der Waals surface area contributed by atoms with Gasteiger partial charge in [-0.05, 0) is 37.3 Å². The van der Waals surface area contributed by atoms with Gasteiger partial charge < -0.3 is 49.8 Å². The highest BCUT2D eigenvalue weighted by Gasteiger charge is 2.76. The predicted octanol–water partition coefficient (Wildman–Crippen LogP) is 0.290. The molecule has 2 bridgehead atoms. The first-order valence-corrected chi connectivity index (χ1v) is 15.9. The lowest BCUT2D eigenvalue weighted by Gasteiger charge is -2.66. The first-order valence-electron chi connectivity index (χ1n) is 15.9. The first-order chi connectivity index (χ1) is 21.2. The summed E-state index contributed by atoms with van der Waals surface area (Å²) >= 11 is 0. The highest BCUT2D eigenvalue weighted by molar-refractivity contribution is 5.93. The van der Waals surface area contributed by atoms with Crippen LogP contribution in [-0.2, 0) is 33.3 Å². The summed E-state index contributed by atoms with van der Waals surface area (Å²) in [6.45, 7) is 12.1. The van der Waals surface area contributed by atoms with Crippen LogP contribution in [0.5, 0.6) is 0 Å². The van der Waals surface area contributed by atoms with Crippen LogP contribution >= 0.6 is 0 Å². The number of Topliss-reactive ketones (excluding diaryl/α,β-unsaturated/α-hetero) is 1. The maximum absolute atomic E-state index is 14.3. The molecule has 3 fully saturated rings. The van der Waals surface area contributed by atoms with Crippen molar-refractivity contribution in [3.05, 3.63) is 11.1 Å². The lowest BCUT2D eigenvalue weighted by Crippen LogP contribution is -2.81. The summed E-state index contributed by atoms with van der Waals surface area (Å²) in [5.41, 5.74) is -7.24. The number of nitrogens with one attached hydrogen (secondary N) is 1. The van der Waals surface area contributed by atoms with E-state index in [2.05, 4.69) is 5.32 Å². The van der Waals surface area contributed by atoms with Crippen molar-refractivity contribution in [1.29, 1.82) is 0 Å². The van der Waals surface area contributed by atoms with E-state index in [1.54, 1.807) is 34.6 Å². The van der Waals surface area contributed by atoms with Gasteiger partial charge >= 0.3 is 18.0 Å². The van der Waals surface area contributed by atoms with Gasteiger partial charge in [0.2, 0.25) is 0 Å². The Morgan fingerprint density at radius 2 is 1.74 bits per heavy atom. The fourth-order valence-corrected chi connectivity index (χ4v) is 8.14. The van der Waals surface area contributed by atoms with Crippen LogP contribution in [-0.4, -0.2) is 116 Å². The summed E-state index contributed by atoms with van der Waals surface area (Å²) in [6.07, 6.45) is -10.0. The molecule has 0 aromatic carbocycles. The van der Waals surface area contributed by atoms with Crippen LogP contribution in [0.25, 0.3) is 0 Å². The SMILES string of the molecule is CCCOC(=O)N[C@@H](C(C)C)[C@@H](O)C(=O)OC1C[C@@]2(O)[C@@H](OC(C)=O)[C@@H]3[C@]4(O)CO[C@@H]4C[C@H](O)[C@@]3(C)C(=O)[C@H](O)C(=C1C)C2(C)C. The molecular formula is C32H49NO13. The van der Waals surface area contributed by atoms with Gasteiger partial charge in [-0.2, -0.15) is 0 Å². The number of carbonyl (C=O) groups excluding carboxylic acids is 4. The van der Waals surface area contributed by atoms with E-state index in [0.29, 0.717) is 6.42 Å². The normalized spacial score (nSPS) is 39.5. The van der Waals surface area contributed by atoms with Crippen molar-refractivity contribution in [3.8, 4) is 0 Å². The van der Waals surface area contributed by atoms with Crippen molar-refractivity contribution >= 4 is 23.8 Å². The molecule has 1 saturated heterocycles. The number of aliphatic hydroxyl groups excluding tert-OH is 3. The van der Waals surface area contributed by atoms with Crippen LogP contribution in [0.3, 0.4) is 0 Å². The maximum atomic E-state index is 14.3. The van der Waals surface area contributed by atoms with E-state index in [-0.39, 0.29) is 30.8 Å². The van der Waals surface area contributed by atoms with E-state index in [1.807, 2.05) is 0 Å². The van der Waals surface area contributed by atoms with Gasteiger partial charge in [0.25, 0.3) is 0 Å². The number of hydrogen-bond donors (Lipinski definition) is 6. The molecule has 14 heteroatoms. The standard InChI is InChI=1S/C32H49NO13/c1-9-10-43-28(40)33-21(14(2)3)23(37)27(39)46-17-12-32(42)26(45-16(5)34)24-30(8,18(35)11-19-31(24,41)13-44-19)25(38)22(36)20(15(17)4)29(32,6)7/h14,17-19,21-24,26,35-37,41-42H,9-13H2,1-8H3,(H,33,40)/t17?,18-,19+,21-,22+,23+,24-,26-,30+,31-,32+/m0/s1. The maximum Gasteiger partial charge on any atom is 0.407 e. The second-order valence-corrected chi connectivity index (χ2v) is 14.4. The molecule has 14 nitrogen and oxygen atoms in total. The van der Waals surface area contributed by atoms with Crippen LogP contribution < -0.4 is 5.32 Å². The molecule has 260 valence electrons. The molecule has 1 aliphatic heterocycles. The number of esters is 2. The Balaban J connectivity index is 1.81. The van der Waals surface area contributed by atoms with E-state index >= 15 is 0 Å². The molecule has 0 spiro atoms. The monoisotopic (exact) mass is 655 g/mol. The molecule has 0 aromatic heterocycles. The minimum Gasteiger partial charge on any atom is -0.459 e. The minimum atomic E-state index is -2.20. The van der Waals surface area contributed by atoms with Gasteiger partial charge in [0.05, 0.1) is 36.9 Å². The zero-order valence-electron chi connectivity index (χ0n) is 27.7. The molecule has 2 saturated carbocycles. The van der Waals surface area contributed by atoms with Gasteiger partial charge in [-0.25, -0.2) is 9.59 Å². The van der Waals surface area contributed by atoms with Crippen LogP contribution in [0.4, 0.5) is 4.79 Å². The first kappa shape index (κ1) is 36.2. The Morgan fingerprint density at radius 1 is 1.11 bits per heavy atom. The number of ketones is 1. The topological polar surface area (TPSA) is 218 Å². The number of carbonyl (C=O) groups is 4. The van der Waals surface area contributed by atoms with Crippen molar-refractivity contribution < 1.29 is 63.7 Å². The highest BCUT2D eigenvalue weighted by Crippen LogP contribution is 2.63. The third-order valence-corrected chi connectivity index (χ3v) is 10.9. The highest BCUT2D eigenvalue weighted by atomic mass is 16.6. The van der Waals surface area contributed by atoms with Gasteiger partial charge in [0, 0.05) is 31.1 Å². The predicted molar refractivity (Wildman–Crippen MR) is 159 cm³/mol. The fraction of sp³-hybridized carbons (Fsp3) is 0.812. The lowest BCUT2D eigenvalue weighted by atomic mass is 9.45. The van der Waals surface area contributed by atoms with Gasteiger partial charge in [-0.1, -0.05) is 34.6 Å². The molecular weight excluding hydrogens is 606 g/mol. The lowest BCUT2D eigenvalue weighted by molar-refractivity contribution is -0.345. The molecule has 1 heterocycles. The van der Waals surface area contributed by atoms with Crippen LogP contribution in [0.2, 0.25) is 0 Å². The summed E-state index contributed by atoms with van der Waals surface area (Å²) < 4.78 is 22.1. The zero-order valence-corrected chi connectivity index (χ0v) is 27.7. The second kappa shape index (κ2) is 12.4.